The average molecular weight is 466 g/mol. The molecule has 1 aliphatic carbocycles. The highest BCUT2D eigenvalue weighted by molar-refractivity contribution is 6.26. The summed E-state index contributed by atoms with van der Waals surface area (Å²) in [6, 6.07) is 19.6. The molecule has 3 aromatic rings. The van der Waals surface area contributed by atoms with Crippen LogP contribution in [0.25, 0.3) is 0 Å². The van der Waals surface area contributed by atoms with Crippen LogP contribution in [-0.2, 0) is 4.74 Å². The van der Waals surface area contributed by atoms with Gasteiger partial charge in [0.25, 0.3) is 0 Å². The van der Waals surface area contributed by atoms with Gasteiger partial charge in [-0.1, -0.05) is 42.0 Å². The molecular formula is C30H31N3O2. The van der Waals surface area contributed by atoms with Crippen LogP contribution in [0, 0.1) is 20.8 Å². The smallest absolute Gasteiger partial charge is 0.229 e. The largest absolute Gasteiger partial charge is 0.442 e. The van der Waals surface area contributed by atoms with Crippen molar-refractivity contribution in [1.82, 2.24) is 0 Å². The van der Waals surface area contributed by atoms with Gasteiger partial charge in [-0.2, -0.15) is 0 Å². The van der Waals surface area contributed by atoms with Crippen LogP contribution in [0.15, 0.2) is 82.5 Å². The summed E-state index contributed by atoms with van der Waals surface area (Å²) in [6.45, 7) is 12.4. The summed E-state index contributed by atoms with van der Waals surface area (Å²) >= 11 is 0. The molecule has 0 bridgehead atoms. The van der Waals surface area contributed by atoms with E-state index in [1.54, 1.807) is 6.08 Å². The van der Waals surface area contributed by atoms with E-state index in [2.05, 4.69) is 49.7 Å². The maximum atomic E-state index is 13.1. The molecule has 0 N–H and O–H groups in total. The number of ketones is 1. The lowest BCUT2D eigenvalue weighted by atomic mass is 9.92. The first-order chi connectivity index (χ1) is 16.9. The van der Waals surface area contributed by atoms with E-state index in [4.69, 9.17) is 9.73 Å². The van der Waals surface area contributed by atoms with Crippen LogP contribution < -0.4 is 4.90 Å². The molecule has 3 aromatic carbocycles. The third-order valence-electron chi connectivity index (χ3n) is 6.19. The Morgan fingerprint density at radius 1 is 0.886 bits per heavy atom. The Hall–Kier alpha value is -3.99. The zero-order valence-corrected chi connectivity index (χ0v) is 21.0. The second kappa shape index (κ2) is 10.5. The second-order valence-electron chi connectivity index (χ2n) is 8.67. The third-order valence-corrected chi connectivity index (χ3v) is 6.19. The number of carbonyl (C=O) groups is 1. The van der Waals surface area contributed by atoms with E-state index in [0.29, 0.717) is 11.3 Å². The fraction of sp³-hybridized carbons (Fsp3) is 0.233. The number of hydrogen-bond acceptors (Lipinski definition) is 5. The zero-order valence-electron chi connectivity index (χ0n) is 21.0. The van der Waals surface area contributed by atoms with Crippen LogP contribution in [0.3, 0.4) is 0 Å². The van der Waals surface area contributed by atoms with Gasteiger partial charge in [-0.25, -0.2) is 9.98 Å². The summed E-state index contributed by atoms with van der Waals surface area (Å²) in [5.74, 6) is 0.0219. The van der Waals surface area contributed by atoms with Crippen LogP contribution >= 0.6 is 0 Å². The van der Waals surface area contributed by atoms with E-state index < -0.39 is 0 Å². The van der Waals surface area contributed by atoms with E-state index in [1.807, 2.05) is 55.5 Å². The van der Waals surface area contributed by atoms with Crippen molar-refractivity contribution >= 4 is 35.0 Å². The SMILES string of the molecule is CCN(CC)c1cc(C)c(N=C2C=C(OC=Nc3ccc(C)cc3)C(=O)c3ccccc32)c(C)c1. The number of fused-ring (bicyclic) bond motifs is 1. The fourth-order valence-electron chi connectivity index (χ4n) is 4.26. The van der Waals surface area contributed by atoms with Crippen LogP contribution in [0.1, 0.15) is 46.5 Å². The molecule has 0 saturated carbocycles. The Morgan fingerprint density at radius 2 is 1.51 bits per heavy atom. The van der Waals surface area contributed by atoms with Crippen LogP contribution in [0.2, 0.25) is 0 Å². The first-order valence-corrected chi connectivity index (χ1v) is 12.0. The topological polar surface area (TPSA) is 54.3 Å². The summed E-state index contributed by atoms with van der Waals surface area (Å²) < 4.78 is 5.73. The summed E-state index contributed by atoms with van der Waals surface area (Å²) in [6.07, 6.45) is 3.03. The highest BCUT2D eigenvalue weighted by atomic mass is 16.5. The number of Topliss-reactive ketones (excluding diaryl/α,β-unsaturated/α-hetero) is 1. The van der Waals surface area contributed by atoms with E-state index in [9.17, 15) is 4.79 Å². The minimum absolute atomic E-state index is 0.180. The van der Waals surface area contributed by atoms with E-state index in [-0.39, 0.29) is 11.5 Å². The lowest BCUT2D eigenvalue weighted by Gasteiger charge is -2.23. The number of rotatable bonds is 7. The normalized spacial score (nSPS) is 14.3. The number of hydrogen-bond donors (Lipinski definition) is 0. The maximum Gasteiger partial charge on any atom is 0.229 e. The molecule has 0 radical (unpaired) electrons. The molecule has 0 aliphatic heterocycles. The number of ether oxygens (including phenoxy) is 1. The molecule has 0 aromatic heterocycles. The molecule has 1 aliphatic rings. The van der Waals surface area contributed by atoms with Crippen molar-refractivity contribution in [3.05, 3.63) is 100 Å². The molecule has 0 fully saturated rings. The molecule has 0 saturated heterocycles. The van der Waals surface area contributed by atoms with Crippen molar-refractivity contribution in [2.75, 3.05) is 18.0 Å². The van der Waals surface area contributed by atoms with Gasteiger partial charge in [0.05, 0.1) is 17.1 Å². The van der Waals surface area contributed by atoms with Crippen LogP contribution in [0.5, 0.6) is 0 Å². The molecular weight excluding hydrogens is 434 g/mol. The number of allylic oxidation sites excluding steroid dienone is 2. The number of benzene rings is 3. The minimum Gasteiger partial charge on any atom is -0.442 e. The van der Waals surface area contributed by atoms with Gasteiger partial charge in [0.15, 0.2) is 12.2 Å². The fourth-order valence-corrected chi connectivity index (χ4v) is 4.26. The molecule has 4 rings (SSSR count). The third kappa shape index (κ3) is 5.24. The Morgan fingerprint density at radius 3 is 2.14 bits per heavy atom. The van der Waals surface area contributed by atoms with Crippen molar-refractivity contribution in [2.24, 2.45) is 9.98 Å². The quantitative estimate of drug-likeness (QED) is 0.278. The van der Waals surface area contributed by atoms with Crippen molar-refractivity contribution < 1.29 is 9.53 Å². The average Bonchev–Trinajstić information content (AvgIpc) is 2.85. The predicted octanol–water partition coefficient (Wildman–Crippen LogP) is 7.04. The van der Waals surface area contributed by atoms with Gasteiger partial charge < -0.3 is 9.64 Å². The standard InChI is InChI=1S/C30H31N3O2/c1-6-33(7-2)24-16-21(4)29(22(5)17-24)32-27-18-28(30(34)26-11-9-8-10-25(26)27)35-19-31-23-14-12-20(3)13-15-23/h8-19H,6-7H2,1-5H3. The van der Waals surface area contributed by atoms with Gasteiger partial charge in [0.1, 0.15) is 0 Å². The Balaban J connectivity index is 1.71. The predicted molar refractivity (Wildman–Crippen MR) is 145 cm³/mol. The summed E-state index contributed by atoms with van der Waals surface area (Å²) in [5.41, 5.74) is 8.26. The number of anilines is 1. The maximum absolute atomic E-state index is 13.1. The van der Waals surface area contributed by atoms with Gasteiger partial charge >= 0.3 is 0 Å². The van der Waals surface area contributed by atoms with Crippen molar-refractivity contribution in [3.8, 4) is 0 Å². The molecule has 5 nitrogen and oxygen atoms in total. The van der Waals surface area contributed by atoms with Crippen molar-refractivity contribution in [1.29, 1.82) is 0 Å². The summed E-state index contributed by atoms with van der Waals surface area (Å²) in [7, 11) is 0. The molecule has 0 spiro atoms. The van der Waals surface area contributed by atoms with Crippen LogP contribution in [0.4, 0.5) is 17.1 Å². The molecule has 35 heavy (non-hydrogen) atoms. The summed E-state index contributed by atoms with van der Waals surface area (Å²) in [4.78, 5) is 24.8. The number of aliphatic imine (C=N–C) groups is 2. The minimum atomic E-state index is -0.180. The van der Waals surface area contributed by atoms with E-state index >= 15 is 0 Å². The molecule has 0 heterocycles. The molecule has 5 heteroatoms. The van der Waals surface area contributed by atoms with Gasteiger partial charge in [0.2, 0.25) is 5.78 Å². The lowest BCUT2D eigenvalue weighted by molar-refractivity contribution is 0.0983. The first-order valence-electron chi connectivity index (χ1n) is 12.0. The van der Waals surface area contributed by atoms with E-state index in [1.165, 1.54) is 12.1 Å². The van der Waals surface area contributed by atoms with Gasteiger partial charge in [-0.05, 0) is 70.0 Å². The Kier molecular flexibility index (Phi) is 7.25. The molecule has 0 unspecified atom stereocenters. The van der Waals surface area contributed by atoms with Crippen LogP contribution in [-0.4, -0.2) is 31.0 Å². The van der Waals surface area contributed by atoms with E-state index in [0.717, 1.165) is 46.7 Å². The first kappa shape index (κ1) is 24.1. The second-order valence-corrected chi connectivity index (χ2v) is 8.67. The zero-order chi connectivity index (χ0) is 24.9. The Bertz CT molecular complexity index is 1310. The highest BCUT2D eigenvalue weighted by Crippen LogP contribution is 2.32. The van der Waals surface area contributed by atoms with Gasteiger partial charge in [-0.3, -0.25) is 4.79 Å². The van der Waals surface area contributed by atoms with Gasteiger partial charge in [0, 0.05) is 36.0 Å². The van der Waals surface area contributed by atoms with Gasteiger partial charge in [-0.15, -0.1) is 0 Å². The molecule has 0 amide bonds. The highest BCUT2D eigenvalue weighted by Gasteiger charge is 2.25. The van der Waals surface area contributed by atoms with Crippen molar-refractivity contribution in [3.63, 3.8) is 0 Å². The molecule has 178 valence electrons. The lowest BCUT2D eigenvalue weighted by Crippen LogP contribution is -2.22. The van der Waals surface area contributed by atoms with Crippen molar-refractivity contribution in [2.45, 2.75) is 34.6 Å². The molecule has 0 atom stereocenters. The Labute approximate surface area is 207 Å². The summed E-state index contributed by atoms with van der Waals surface area (Å²) in [5, 5.41) is 0. The number of nitrogens with zero attached hydrogens (tertiary/aromatic N) is 3. The monoisotopic (exact) mass is 465 g/mol. The number of aryl methyl sites for hydroxylation is 3. The number of carbonyl (C=O) groups excluding carboxylic acids is 1.